The van der Waals surface area contributed by atoms with E-state index in [1.807, 2.05) is 6.92 Å². The molecule has 0 fully saturated rings. The Kier molecular flexibility index (Phi) is 3.22. The van der Waals surface area contributed by atoms with Crippen LogP contribution in [0.1, 0.15) is 13.8 Å². The average molecular weight is 189 g/mol. The van der Waals surface area contributed by atoms with Gasteiger partial charge in [0.2, 0.25) is 0 Å². The lowest BCUT2D eigenvalue weighted by Crippen LogP contribution is -2.23. The summed E-state index contributed by atoms with van der Waals surface area (Å²) in [4.78, 5) is 0. The first-order valence-corrected chi connectivity index (χ1v) is 4.20. The van der Waals surface area contributed by atoms with Gasteiger partial charge >= 0.3 is 0 Å². The van der Waals surface area contributed by atoms with Crippen molar-refractivity contribution < 1.29 is 8.78 Å². The van der Waals surface area contributed by atoms with E-state index in [2.05, 4.69) is 10.4 Å². The van der Waals surface area contributed by atoms with Crippen molar-refractivity contribution >= 4 is 5.69 Å². The zero-order valence-electron chi connectivity index (χ0n) is 7.67. The van der Waals surface area contributed by atoms with Crippen LogP contribution in [0, 0.1) is 0 Å². The molecule has 1 rings (SSSR count). The third kappa shape index (κ3) is 2.68. The van der Waals surface area contributed by atoms with Crippen LogP contribution in [0.5, 0.6) is 0 Å². The Balaban J connectivity index is 2.53. The van der Waals surface area contributed by atoms with Gasteiger partial charge in [0.25, 0.3) is 6.43 Å². The molecule has 13 heavy (non-hydrogen) atoms. The quantitative estimate of drug-likeness (QED) is 0.784. The molecular formula is C8H13F2N3. The van der Waals surface area contributed by atoms with Crippen molar-refractivity contribution in [3.8, 4) is 0 Å². The minimum absolute atomic E-state index is 0.634. The van der Waals surface area contributed by atoms with E-state index in [0.29, 0.717) is 5.69 Å². The number of aromatic nitrogens is 2. The molecule has 1 unspecified atom stereocenters. The fraction of sp³-hybridized carbons (Fsp3) is 0.625. The molecule has 1 aromatic rings. The van der Waals surface area contributed by atoms with Crippen molar-refractivity contribution in [3.05, 3.63) is 12.4 Å². The Morgan fingerprint density at radius 3 is 2.77 bits per heavy atom. The highest BCUT2D eigenvalue weighted by atomic mass is 19.3. The van der Waals surface area contributed by atoms with E-state index in [9.17, 15) is 8.78 Å². The number of alkyl halides is 2. The molecule has 1 heterocycles. The second-order valence-corrected chi connectivity index (χ2v) is 2.85. The van der Waals surface area contributed by atoms with Crippen LogP contribution in [-0.2, 0) is 6.54 Å². The monoisotopic (exact) mass is 189 g/mol. The number of hydrogen-bond donors (Lipinski definition) is 1. The molecule has 74 valence electrons. The van der Waals surface area contributed by atoms with Gasteiger partial charge in [-0.05, 0) is 13.8 Å². The highest BCUT2D eigenvalue weighted by molar-refractivity contribution is 5.39. The molecule has 0 amide bonds. The Labute approximate surface area is 75.7 Å². The molecule has 1 aromatic heterocycles. The Bertz CT molecular complexity index is 260. The minimum Gasteiger partial charge on any atom is -0.374 e. The van der Waals surface area contributed by atoms with Gasteiger partial charge in [0, 0.05) is 12.7 Å². The maximum atomic E-state index is 12.1. The largest absolute Gasteiger partial charge is 0.374 e. The fourth-order valence-corrected chi connectivity index (χ4v) is 0.937. The summed E-state index contributed by atoms with van der Waals surface area (Å²) in [5, 5.41) is 6.62. The summed E-state index contributed by atoms with van der Waals surface area (Å²) in [6.07, 6.45) is 0.895. The maximum absolute atomic E-state index is 12.1. The molecule has 0 saturated heterocycles. The molecule has 0 aliphatic carbocycles. The zero-order chi connectivity index (χ0) is 9.84. The summed E-state index contributed by atoms with van der Waals surface area (Å²) in [5.74, 6) is 0. The molecule has 1 atom stereocenters. The van der Waals surface area contributed by atoms with Gasteiger partial charge in [0.1, 0.15) is 0 Å². The maximum Gasteiger partial charge on any atom is 0.258 e. The Hall–Kier alpha value is -1.13. The van der Waals surface area contributed by atoms with Gasteiger partial charge in [-0.2, -0.15) is 5.10 Å². The standard InChI is InChI=1S/C8H13F2N3/c1-3-13-5-7(4-11-13)12-6(2)8(9)10/h4-6,8,12H,3H2,1-2H3. The lowest BCUT2D eigenvalue weighted by Gasteiger charge is -2.11. The van der Waals surface area contributed by atoms with Crippen LogP contribution in [0.25, 0.3) is 0 Å². The van der Waals surface area contributed by atoms with Gasteiger partial charge in [-0.15, -0.1) is 0 Å². The smallest absolute Gasteiger partial charge is 0.258 e. The van der Waals surface area contributed by atoms with Crippen molar-refractivity contribution in [2.45, 2.75) is 32.9 Å². The zero-order valence-corrected chi connectivity index (χ0v) is 7.67. The Morgan fingerprint density at radius 2 is 2.31 bits per heavy atom. The van der Waals surface area contributed by atoms with Crippen LogP contribution in [0.3, 0.4) is 0 Å². The summed E-state index contributed by atoms with van der Waals surface area (Å²) in [5.41, 5.74) is 0.634. The molecule has 0 radical (unpaired) electrons. The highest BCUT2D eigenvalue weighted by Crippen LogP contribution is 2.10. The first kappa shape index (κ1) is 9.95. The summed E-state index contributed by atoms with van der Waals surface area (Å²) in [6.45, 7) is 4.12. The van der Waals surface area contributed by atoms with E-state index >= 15 is 0 Å². The summed E-state index contributed by atoms with van der Waals surface area (Å²) in [6, 6.07) is -0.838. The topological polar surface area (TPSA) is 29.9 Å². The van der Waals surface area contributed by atoms with Gasteiger partial charge in [0.05, 0.1) is 17.9 Å². The van der Waals surface area contributed by atoms with Crippen molar-refractivity contribution in [1.29, 1.82) is 0 Å². The molecule has 0 aliphatic rings. The predicted octanol–water partition coefficient (Wildman–Crippen LogP) is 1.97. The third-order valence-electron chi connectivity index (χ3n) is 1.73. The molecule has 0 saturated carbocycles. The van der Waals surface area contributed by atoms with E-state index < -0.39 is 12.5 Å². The van der Waals surface area contributed by atoms with Crippen LogP contribution in [0.2, 0.25) is 0 Å². The van der Waals surface area contributed by atoms with Gasteiger partial charge in [0.15, 0.2) is 0 Å². The Morgan fingerprint density at radius 1 is 1.62 bits per heavy atom. The van der Waals surface area contributed by atoms with E-state index in [0.717, 1.165) is 6.54 Å². The average Bonchev–Trinajstić information content (AvgIpc) is 2.52. The number of halogens is 2. The van der Waals surface area contributed by atoms with E-state index in [1.165, 1.54) is 6.92 Å². The van der Waals surface area contributed by atoms with Crippen molar-refractivity contribution in [2.75, 3.05) is 5.32 Å². The lowest BCUT2D eigenvalue weighted by atomic mass is 10.3. The van der Waals surface area contributed by atoms with Crippen LogP contribution in [0.15, 0.2) is 12.4 Å². The van der Waals surface area contributed by atoms with E-state index in [4.69, 9.17) is 0 Å². The van der Waals surface area contributed by atoms with Crippen molar-refractivity contribution in [1.82, 2.24) is 9.78 Å². The number of hydrogen-bond acceptors (Lipinski definition) is 2. The summed E-state index contributed by atoms with van der Waals surface area (Å²) < 4.78 is 25.9. The number of nitrogens with one attached hydrogen (secondary N) is 1. The van der Waals surface area contributed by atoms with Gasteiger partial charge < -0.3 is 5.32 Å². The molecular weight excluding hydrogens is 176 g/mol. The van der Waals surface area contributed by atoms with Crippen LogP contribution >= 0.6 is 0 Å². The molecule has 1 N–H and O–H groups in total. The van der Waals surface area contributed by atoms with Crippen LogP contribution in [0.4, 0.5) is 14.5 Å². The summed E-state index contributed by atoms with van der Waals surface area (Å²) >= 11 is 0. The van der Waals surface area contributed by atoms with Crippen LogP contribution < -0.4 is 5.32 Å². The number of nitrogens with zero attached hydrogens (tertiary/aromatic N) is 2. The number of anilines is 1. The number of aryl methyl sites for hydroxylation is 1. The molecule has 5 heteroatoms. The van der Waals surface area contributed by atoms with E-state index in [-0.39, 0.29) is 0 Å². The van der Waals surface area contributed by atoms with Crippen molar-refractivity contribution in [3.63, 3.8) is 0 Å². The highest BCUT2D eigenvalue weighted by Gasteiger charge is 2.14. The molecule has 0 bridgehead atoms. The van der Waals surface area contributed by atoms with Gasteiger partial charge in [-0.3, -0.25) is 4.68 Å². The minimum atomic E-state index is -2.36. The SMILES string of the molecule is CCn1cc(NC(C)C(F)F)cn1. The third-order valence-corrected chi connectivity index (χ3v) is 1.73. The van der Waals surface area contributed by atoms with Gasteiger partial charge in [-0.25, -0.2) is 8.78 Å². The van der Waals surface area contributed by atoms with Crippen LogP contribution in [-0.4, -0.2) is 22.2 Å². The first-order valence-electron chi connectivity index (χ1n) is 4.20. The first-order chi connectivity index (χ1) is 6.13. The second kappa shape index (κ2) is 4.20. The molecule has 0 aromatic carbocycles. The molecule has 0 aliphatic heterocycles. The van der Waals surface area contributed by atoms with Crippen molar-refractivity contribution in [2.24, 2.45) is 0 Å². The van der Waals surface area contributed by atoms with E-state index in [1.54, 1.807) is 17.1 Å². The normalized spacial score (nSPS) is 13.3. The van der Waals surface area contributed by atoms with Gasteiger partial charge in [-0.1, -0.05) is 0 Å². The second-order valence-electron chi connectivity index (χ2n) is 2.85. The lowest BCUT2D eigenvalue weighted by molar-refractivity contribution is 0.131. The fourth-order valence-electron chi connectivity index (χ4n) is 0.937. The summed E-state index contributed by atoms with van der Waals surface area (Å²) in [7, 11) is 0. The molecule has 0 spiro atoms. The predicted molar refractivity (Wildman–Crippen MR) is 47.0 cm³/mol. The number of rotatable bonds is 4. The molecule has 3 nitrogen and oxygen atoms in total.